The number of amides is 1. The molecule has 0 aliphatic carbocycles. The number of benzene rings is 2. The molecule has 1 unspecified atom stereocenters. The van der Waals surface area contributed by atoms with Crippen molar-refractivity contribution in [2.45, 2.75) is 58.5 Å². The molecule has 3 rings (SSSR count). The molecule has 170 valence electrons. The van der Waals surface area contributed by atoms with Crippen LogP contribution in [-0.4, -0.2) is 39.0 Å². The van der Waals surface area contributed by atoms with E-state index in [1.54, 1.807) is 0 Å². The Balaban J connectivity index is 1.76. The maximum atomic E-state index is 12.9. The summed E-state index contributed by atoms with van der Waals surface area (Å²) in [5.74, 6) is 0.784. The number of para-hydroxylation sites is 1. The second-order valence-electron chi connectivity index (χ2n) is 7.79. The first-order valence-corrected chi connectivity index (χ1v) is 12.1. The van der Waals surface area contributed by atoms with Crippen molar-refractivity contribution in [3.63, 3.8) is 0 Å². The number of rotatable bonds is 9. The Morgan fingerprint density at radius 2 is 1.66 bits per heavy atom. The molecule has 0 fully saturated rings. The third kappa shape index (κ3) is 5.15. The zero-order chi connectivity index (χ0) is 23.3. The molecule has 1 aromatic heterocycles. The predicted octanol–water partition coefficient (Wildman–Crippen LogP) is 5.55. The highest BCUT2D eigenvalue weighted by molar-refractivity contribution is 8.00. The molecule has 0 aliphatic heterocycles. The molecule has 0 saturated heterocycles. The minimum absolute atomic E-state index is 0.0387. The van der Waals surface area contributed by atoms with Crippen molar-refractivity contribution >= 4 is 29.0 Å². The summed E-state index contributed by atoms with van der Waals surface area (Å²) in [7, 11) is 0. The van der Waals surface area contributed by atoms with Crippen LogP contribution in [0.2, 0.25) is 0 Å². The minimum Gasteiger partial charge on any atom is -0.372 e. The Labute approximate surface area is 195 Å². The summed E-state index contributed by atoms with van der Waals surface area (Å²) >= 11 is 1.43. The number of thioether (sulfide) groups is 1. The fourth-order valence-electron chi connectivity index (χ4n) is 3.73. The van der Waals surface area contributed by atoms with Crippen LogP contribution in [0.25, 0.3) is 11.4 Å². The zero-order valence-corrected chi connectivity index (χ0v) is 20.7. The SMILES string of the molecule is CCN(CC)c1ccc(-c2nnc(SC(C)C(=O)Nc3c(C)cccc3C)n2CC)cc1. The van der Waals surface area contributed by atoms with Crippen LogP contribution in [0, 0.1) is 13.8 Å². The van der Waals surface area contributed by atoms with Gasteiger partial charge in [-0.3, -0.25) is 4.79 Å². The Bertz CT molecular complexity index is 1040. The van der Waals surface area contributed by atoms with Crippen LogP contribution < -0.4 is 10.2 Å². The first-order chi connectivity index (χ1) is 15.4. The van der Waals surface area contributed by atoms with Crippen LogP contribution in [0.5, 0.6) is 0 Å². The largest absolute Gasteiger partial charge is 0.372 e. The van der Waals surface area contributed by atoms with Crippen molar-refractivity contribution in [1.82, 2.24) is 14.8 Å². The average Bonchev–Trinajstić information content (AvgIpc) is 3.20. The molecule has 0 spiro atoms. The van der Waals surface area contributed by atoms with E-state index in [1.807, 2.05) is 39.0 Å². The van der Waals surface area contributed by atoms with E-state index < -0.39 is 0 Å². The lowest BCUT2D eigenvalue weighted by atomic mass is 10.1. The Kier molecular flexibility index (Phi) is 7.96. The number of nitrogens with one attached hydrogen (secondary N) is 1. The van der Waals surface area contributed by atoms with Gasteiger partial charge in [0.25, 0.3) is 0 Å². The van der Waals surface area contributed by atoms with E-state index in [2.05, 4.69) is 70.0 Å². The molecule has 1 atom stereocenters. The highest BCUT2D eigenvalue weighted by atomic mass is 32.2. The lowest BCUT2D eigenvalue weighted by molar-refractivity contribution is -0.115. The first kappa shape index (κ1) is 23.9. The van der Waals surface area contributed by atoms with Crippen molar-refractivity contribution < 1.29 is 4.79 Å². The molecule has 1 N–H and O–H groups in total. The smallest absolute Gasteiger partial charge is 0.237 e. The van der Waals surface area contributed by atoms with Gasteiger partial charge in [0.2, 0.25) is 5.91 Å². The number of aryl methyl sites for hydroxylation is 2. The lowest BCUT2D eigenvalue weighted by Gasteiger charge is -2.21. The molecule has 0 saturated carbocycles. The maximum absolute atomic E-state index is 12.9. The predicted molar refractivity (Wildman–Crippen MR) is 135 cm³/mol. The summed E-state index contributed by atoms with van der Waals surface area (Å²) in [6, 6.07) is 14.5. The summed E-state index contributed by atoms with van der Waals surface area (Å²) in [4.78, 5) is 15.2. The molecular formula is C25H33N5OS. The number of hydrogen-bond donors (Lipinski definition) is 1. The van der Waals surface area contributed by atoms with E-state index in [4.69, 9.17) is 0 Å². The second-order valence-corrected chi connectivity index (χ2v) is 9.09. The van der Waals surface area contributed by atoms with Crippen LogP contribution >= 0.6 is 11.8 Å². The number of nitrogens with zero attached hydrogens (tertiary/aromatic N) is 4. The van der Waals surface area contributed by atoms with E-state index in [0.29, 0.717) is 0 Å². The van der Waals surface area contributed by atoms with Crippen LogP contribution in [-0.2, 0) is 11.3 Å². The highest BCUT2D eigenvalue weighted by Crippen LogP contribution is 2.29. The lowest BCUT2D eigenvalue weighted by Crippen LogP contribution is -2.24. The maximum Gasteiger partial charge on any atom is 0.237 e. The van der Waals surface area contributed by atoms with E-state index in [0.717, 1.165) is 53.0 Å². The molecule has 1 heterocycles. The second kappa shape index (κ2) is 10.7. The van der Waals surface area contributed by atoms with Crippen molar-refractivity contribution in [3.8, 4) is 11.4 Å². The normalized spacial score (nSPS) is 11.9. The topological polar surface area (TPSA) is 63.1 Å². The summed E-state index contributed by atoms with van der Waals surface area (Å²) in [6.07, 6.45) is 0. The highest BCUT2D eigenvalue weighted by Gasteiger charge is 2.21. The Morgan fingerprint density at radius 1 is 1.03 bits per heavy atom. The van der Waals surface area contributed by atoms with Gasteiger partial charge in [-0.2, -0.15) is 0 Å². The van der Waals surface area contributed by atoms with Crippen molar-refractivity contribution in [3.05, 3.63) is 53.6 Å². The van der Waals surface area contributed by atoms with Gasteiger partial charge in [0, 0.05) is 36.6 Å². The fourth-order valence-corrected chi connectivity index (χ4v) is 4.65. The van der Waals surface area contributed by atoms with Crippen LogP contribution in [0.1, 0.15) is 38.8 Å². The van der Waals surface area contributed by atoms with Gasteiger partial charge in [0.15, 0.2) is 11.0 Å². The van der Waals surface area contributed by atoms with Crippen molar-refractivity contribution in [2.75, 3.05) is 23.3 Å². The van der Waals surface area contributed by atoms with Gasteiger partial charge < -0.3 is 14.8 Å². The first-order valence-electron chi connectivity index (χ1n) is 11.2. The zero-order valence-electron chi connectivity index (χ0n) is 19.8. The molecule has 7 heteroatoms. The summed E-state index contributed by atoms with van der Waals surface area (Å²) in [6.45, 7) is 15.0. The van der Waals surface area contributed by atoms with Crippen LogP contribution in [0.3, 0.4) is 0 Å². The van der Waals surface area contributed by atoms with Gasteiger partial charge in [-0.25, -0.2) is 0 Å². The monoisotopic (exact) mass is 451 g/mol. The van der Waals surface area contributed by atoms with E-state index in [1.165, 1.54) is 17.4 Å². The molecule has 1 amide bonds. The molecule has 0 bridgehead atoms. The molecular weight excluding hydrogens is 418 g/mol. The summed E-state index contributed by atoms with van der Waals surface area (Å²) < 4.78 is 2.07. The van der Waals surface area contributed by atoms with Gasteiger partial charge in [-0.1, -0.05) is 30.0 Å². The third-order valence-corrected chi connectivity index (χ3v) is 6.75. The average molecular weight is 452 g/mol. The number of aromatic nitrogens is 3. The quantitative estimate of drug-likeness (QED) is 0.432. The van der Waals surface area contributed by atoms with Crippen LogP contribution in [0.15, 0.2) is 47.6 Å². The Morgan fingerprint density at radius 3 is 2.22 bits per heavy atom. The standard InChI is InChI=1S/C25H33N5OS/c1-7-29(8-2)21-15-13-20(14-16-21)23-27-28-25(30(23)9-3)32-19(6)24(31)26-22-17(4)11-10-12-18(22)5/h10-16,19H,7-9H2,1-6H3,(H,26,31). The van der Waals surface area contributed by atoms with Gasteiger partial charge in [0.05, 0.1) is 5.25 Å². The third-order valence-electron chi connectivity index (χ3n) is 5.67. The molecule has 32 heavy (non-hydrogen) atoms. The van der Waals surface area contributed by atoms with Gasteiger partial charge in [-0.15, -0.1) is 10.2 Å². The van der Waals surface area contributed by atoms with E-state index >= 15 is 0 Å². The number of hydrogen-bond acceptors (Lipinski definition) is 5. The number of carbonyl (C=O) groups is 1. The molecule has 3 aromatic rings. The van der Waals surface area contributed by atoms with Crippen molar-refractivity contribution in [1.29, 1.82) is 0 Å². The summed E-state index contributed by atoms with van der Waals surface area (Å²) in [5.41, 5.74) is 5.23. The van der Waals surface area contributed by atoms with Gasteiger partial charge >= 0.3 is 0 Å². The van der Waals surface area contributed by atoms with Crippen molar-refractivity contribution in [2.24, 2.45) is 0 Å². The van der Waals surface area contributed by atoms with Gasteiger partial charge in [-0.05, 0) is 76.9 Å². The van der Waals surface area contributed by atoms with Crippen LogP contribution in [0.4, 0.5) is 11.4 Å². The summed E-state index contributed by atoms with van der Waals surface area (Å²) in [5, 5.41) is 12.4. The number of carbonyl (C=O) groups excluding carboxylic acids is 1. The molecule has 2 aromatic carbocycles. The minimum atomic E-state index is -0.304. The van der Waals surface area contributed by atoms with E-state index in [9.17, 15) is 4.79 Å². The van der Waals surface area contributed by atoms with E-state index in [-0.39, 0.29) is 11.2 Å². The Hall–Kier alpha value is -2.80. The molecule has 6 nitrogen and oxygen atoms in total. The van der Waals surface area contributed by atoms with Gasteiger partial charge in [0.1, 0.15) is 0 Å². The molecule has 0 aliphatic rings. The molecule has 0 radical (unpaired) electrons. The fraction of sp³-hybridized carbons (Fsp3) is 0.400. The number of anilines is 2.